The number of furan rings is 1. The second-order valence-corrected chi connectivity index (χ2v) is 7.35. The summed E-state index contributed by atoms with van der Waals surface area (Å²) >= 11 is 0. The second kappa shape index (κ2) is 6.58. The number of benzene rings is 2. The quantitative estimate of drug-likeness (QED) is 0.721. The number of para-hydroxylation sites is 1. The van der Waals surface area contributed by atoms with E-state index in [4.69, 9.17) is 4.42 Å². The fraction of sp³-hybridized carbons (Fsp3) is 0.273. The van der Waals surface area contributed by atoms with E-state index in [1.807, 2.05) is 61.5 Å². The van der Waals surface area contributed by atoms with Gasteiger partial charge in [0.1, 0.15) is 11.3 Å². The molecule has 1 aliphatic rings. The van der Waals surface area contributed by atoms with Crippen molar-refractivity contribution in [2.45, 2.75) is 32.2 Å². The third-order valence-corrected chi connectivity index (χ3v) is 5.37. The first-order valence-electron chi connectivity index (χ1n) is 9.05. The van der Waals surface area contributed by atoms with E-state index in [1.165, 1.54) is 0 Å². The van der Waals surface area contributed by atoms with Gasteiger partial charge in [-0.15, -0.1) is 0 Å². The van der Waals surface area contributed by atoms with Gasteiger partial charge in [0.05, 0.1) is 17.9 Å². The second-order valence-electron chi connectivity index (χ2n) is 7.35. The maximum atomic E-state index is 13.2. The maximum absolute atomic E-state index is 13.2. The largest absolute Gasteiger partial charge is 0.481 e. The van der Waals surface area contributed by atoms with Crippen molar-refractivity contribution >= 4 is 22.8 Å². The molecule has 0 unspecified atom stereocenters. The van der Waals surface area contributed by atoms with Crippen LogP contribution in [0, 0.1) is 5.41 Å². The topological polar surface area (TPSA) is 79.5 Å². The van der Waals surface area contributed by atoms with Gasteiger partial charge in [-0.2, -0.15) is 0 Å². The first-order valence-corrected chi connectivity index (χ1v) is 9.05. The minimum Gasteiger partial charge on any atom is -0.481 e. The van der Waals surface area contributed by atoms with Crippen molar-refractivity contribution in [1.82, 2.24) is 5.32 Å². The van der Waals surface area contributed by atoms with E-state index in [-0.39, 0.29) is 18.4 Å². The average molecular weight is 363 g/mol. The van der Waals surface area contributed by atoms with Crippen LogP contribution in [-0.4, -0.2) is 17.0 Å². The monoisotopic (exact) mass is 363 g/mol. The van der Waals surface area contributed by atoms with Crippen LogP contribution in [0.25, 0.3) is 11.0 Å². The van der Waals surface area contributed by atoms with Crippen molar-refractivity contribution in [2.75, 3.05) is 0 Å². The highest BCUT2D eigenvalue weighted by Crippen LogP contribution is 2.40. The zero-order chi connectivity index (χ0) is 19.0. The van der Waals surface area contributed by atoms with E-state index >= 15 is 0 Å². The van der Waals surface area contributed by atoms with Crippen LogP contribution in [-0.2, 0) is 22.4 Å². The molecular weight excluding hydrogens is 342 g/mol. The van der Waals surface area contributed by atoms with Gasteiger partial charge in [0.2, 0.25) is 5.91 Å². The number of carboxylic acids is 1. The molecule has 0 bridgehead atoms. The lowest BCUT2D eigenvalue weighted by atomic mass is 9.80. The smallest absolute Gasteiger partial charge is 0.304 e. The lowest BCUT2D eigenvalue weighted by Crippen LogP contribution is -2.44. The molecule has 0 saturated carbocycles. The number of hydrogen-bond donors (Lipinski definition) is 2. The molecule has 2 N–H and O–H groups in total. The molecule has 2 aromatic carbocycles. The average Bonchev–Trinajstić information content (AvgIpc) is 3.22. The highest BCUT2D eigenvalue weighted by molar-refractivity contribution is 5.89. The molecule has 0 spiro atoms. The number of rotatable bonds is 5. The first-order chi connectivity index (χ1) is 13.0. The number of nitrogens with one attached hydrogen (secondary N) is 1. The van der Waals surface area contributed by atoms with Gasteiger partial charge in [0, 0.05) is 5.39 Å². The Morgan fingerprint density at radius 2 is 1.74 bits per heavy atom. The zero-order valence-corrected chi connectivity index (χ0v) is 15.1. The molecule has 4 rings (SSSR count). The predicted octanol–water partition coefficient (Wildman–Crippen LogP) is 3.87. The van der Waals surface area contributed by atoms with E-state index in [1.54, 1.807) is 0 Å². The van der Waals surface area contributed by atoms with Crippen LogP contribution in [0.2, 0.25) is 0 Å². The maximum Gasteiger partial charge on any atom is 0.304 e. The molecule has 1 aromatic heterocycles. The Bertz CT molecular complexity index is 962. The summed E-state index contributed by atoms with van der Waals surface area (Å²) in [7, 11) is 0. The number of carboxylic acid groups (broad SMARTS) is 1. The van der Waals surface area contributed by atoms with E-state index in [2.05, 4.69) is 5.32 Å². The Hall–Kier alpha value is -3.08. The molecule has 5 heteroatoms. The van der Waals surface area contributed by atoms with Crippen LogP contribution >= 0.6 is 0 Å². The van der Waals surface area contributed by atoms with Gasteiger partial charge in [0.25, 0.3) is 0 Å². The summed E-state index contributed by atoms with van der Waals surface area (Å²) in [6.45, 7) is 1.85. The van der Waals surface area contributed by atoms with E-state index in [0.717, 1.165) is 22.1 Å². The number of fused-ring (bicyclic) bond motifs is 2. The van der Waals surface area contributed by atoms with E-state index in [9.17, 15) is 14.7 Å². The Labute approximate surface area is 157 Å². The summed E-state index contributed by atoms with van der Waals surface area (Å²) in [5.41, 5.74) is 1.90. The molecule has 1 atom stereocenters. The van der Waals surface area contributed by atoms with E-state index < -0.39 is 11.4 Å². The standard InChI is InChI=1S/C22H21NO4/c1-14(19-10-15-6-4-5-9-18(15)27-19)23-21(26)22(13-20(24)25)11-16-7-2-3-8-17(16)12-22/h2-10,14H,11-13H2,1H3,(H,23,26)(H,24,25)/t14-/m0/s1. The van der Waals surface area contributed by atoms with Gasteiger partial charge >= 0.3 is 5.97 Å². The molecule has 0 fully saturated rings. The summed E-state index contributed by atoms with van der Waals surface area (Å²) in [6, 6.07) is 17.0. The highest BCUT2D eigenvalue weighted by atomic mass is 16.4. The molecule has 3 aromatic rings. The van der Waals surface area contributed by atoms with Crippen LogP contribution in [0.4, 0.5) is 0 Å². The number of amides is 1. The minimum atomic E-state index is -0.964. The van der Waals surface area contributed by atoms with E-state index in [0.29, 0.717) is 18.6 Å². The van der Waals surface area contributed by atoms with Crippen molar-refractivity contribution in [3.63, 3.8) is 0 Å². The van der Waals surface area contributed by atoms with Gasteiger partial charge in [-0.05, 0) is 43.0 Å². The predicted molar refractivity (Wildman–Crippen MR) is 101 cm³/mol. The number of carbonyl (C=O) groups excluding carboxylic acids is 1. The summed E-state index contributed by atoms with van der Waals surface area (Å²) in [6.07, 6.45) is 0.683. The molecular formula is C22H21NO4. The third kappa shape index (κ3) is 3.21. The summed E-state index contributed by atoms with van der Waals surface area (Å²) in [5.74, 6) is -0.547. The van der Waals surface area contributed by atoms with Crippen LogP contribution in [0.5, 0.6) is 0 Å². The Balaban J connectivity index is 1.58. The first kappa shape index (κ1) is 17.3. The Kier molecular flexibility index (Phi) is 4.22. The molecule has 27 heavy (non-hydrogen) atoms. The van der Waals surface area contributed by atoms with Crippen molar-refractivity contribution in [2.24, 2.45) is 5.41 Å². The van der Waals surface area contributed by atoms with Crippen LogP contribution in [0.15, 0.2) is 59.0 Å². The fourth-order valence-electron chi connectivity index (χ4n) is 3.99. The molecule has 1 heterocycles. The molecule has 0 saturated heterocycles. The molecule has 1 aliphatic carbocycles. The molecule has 5 nitrogen and oxygen atoms in total. The Morgan fingerprint density at radius 3 is 2.37 bits per heavy atom. The summed E-state index contributed by atoms with van der Waals surface area (Å²) in [4.78, 5) is 24.6. The zero-order valence-electron chi connectivity index (χ0n) is 15.1. The molecule has 1 amide bonds. The van der Waals surface area contributed by atoms with Gasteiger partial charge in [-0.25, -0.2) is 0 Å². The SMILES string of the molecule is C[C@H](NC(=O)C1(CC(=O)O)Cc2ccccc2C1)c1cc2ccccc2o1. The lowest BCUT2D eigenvalue weighted by molar-refractivity contribution is -0.145. The number of hydrogen-bond acceptors (Lipinski definition) is 3. The van der Waals surface area contributed by atoms with Crippen molar-refractivity contribution in [3.05, 3.63) is 71.5 Å². The molecule has 138 valence electrons. The third-order valence-electron chi connectivity index (χ3n) is 5.37. The van der Waals surface area contributed by atoms with Crippen LogP contribution in [0.3, 0.4) is 0 Å². The normalized spacial score (nSPS) is 16.0. The Morgan fingerprint density at radius 1 is 1.11 bits per heavy atom. The van der Waals surface area contributed by atoms with Crippen molar-refractivity contribution in [3.8, 4) is 0 Å². The summed E-state index contributed by atoms with van der Waals surface area (Å²) in [5, 5.41) is 13.4. The number of carbonyl (C=O) groups is 2. The fourth-order valence-corrected chi connectivity index (χ4v) is 3.99. The van der Waals surface area contributed by atoms with Crippen molar-refractivity contribution in [1.29, 1.82) is 0 Å². The highest BCUT2D eigenvalue weighted by Gasteiger charge is 2.45. The van der Waals surface area contributed by atoms with Gasteiger partial charge in [-0.1, -0.05) is 42.5 Å². The van der Waals surface area contributed by atoms with Gasteiger partial charge in [-0.3, -0.25) is 9.59 Å². The summed E-state index contributed by atoms with van der Waals surface area (Å²) < 4.78 is 5.84. The van der Waals surface area contributed by atoms with Crippen molar-refractivity contribution < 1.29 is 19.1 Å². The molecule has 0 aliphatic heterocycles. The lowest BCUT2D eigenvalue weighted by Gasteiger charge is -2.27. The minimum absolute atomic E-state index is 0.194. The van der Waals surface area contributed by atoms with Gasteiger partial charge < -0.3 is 14.8 Å². The molecule has 0 radical (unpaired) electrons. The van der Waals surface area contributed by atoms with Gasteiger partial charge in [0.15, 0.2) is 0 Å². The van der Waals surface area contributed by atoms with Crippen LogP contribution < -0.4 is 5.32 Å². The number of aliphatic carboxylic acids is 1. The van der Waals surface area contributed by atoms with Crippen LogP contribution in [0.1, 0.15) is 36.3 Å².